The predicted octanol–water partition coefficient (Wildman–Crippen LogP) is 5.83. The lowest BCUT2D eigenvalue weighted by Crippen LogP contribution is -2.37. The van der Waals surface area contributed by atoms with Gasteiger partial charge in [-0.05, 0) is 38.3 Å². The van der Waals surface area contributed by atoms with Gasteiger partial charge in [0.15, 0.2) is 5.60 Å². The monoisotopic (exact) mass is 354 g/mol. The average Bonchev–Trinajstić information content (AvgIpc) is 2.64. The lowest BCUT2D eigenvalue weighted by Gasteiger charge is -2.35. The number of hydrogen-bond donors (Lipinski definition) is 0. The summed E-state index contributed by atoms with van der Waals surface area (Å²) in [5.41, 5.74) is 0.391. The smallest absolute Gasteiger partial charge is 0.160 e. The SMILES string of the molecule is CCCCC(=O)CC(OOC(C)(C)C)(c1ccccc1)c1ccccc1. The number of unbranched alkanes of at least 4 members (excludes halogenated alkanes) is 1. The molecular formula is C23H30O3. The number of Topliss-reactive ketones (excluding diaryl/α,β-unsaturated/α-hetero) is 1. The van der Waals surface area contributed by atoms with Gasteiger partial charge in [0.1, 0.15) is 5.78 Å². The van der Waals surface area contributed by atoms with E-state index in [0.29, 0.717) is 6.42 Å². The predicted molar refractivity (Wildman–Crippen MR) is 105 cm³/mol. The van der Waals surface area contributed by atoms with Crippen molar-refractivity contribution in [3.05, 3.63) is 71.8 Å². The summed E-state index contributed by atoms with van der Waals surface area (Å²) < 4.78 is 0. The molecule has 0 bridgehead atoms. The van der Waals surface area contributed by atoms with Crippen LogP contribution in [0, 0.1) is 0 Å². The van der Waals surface area contributed by atoms with Crippen LogP contribution in [0.5, 0.6) is 0 Å². The minimum atomic E-state index is -0.958. The Hall–Kier alpha value is -1.97. The number of benzene rings is 2. The highest BCUT2D eigenvalue weighted by molar-refractivity contribution is 5.80. The fourth-order valence-corrected chi connectivity index (χ4v) is 2.85. The van der Waals surface area contributed by atoms with E-state index in [1.807, 2.05) is 81.4 Å². The van der Waals surface area contributed by atoms with Crippen molar-refractivity contribution in [1.82, 2.24) is 0 Å². The number of carbonyl (C=O) groups excluding carboxylic acids is 1. The van der Waals surface area contributed by atoms with Crippen LogP contribution in [0.4, 0.5) is 0 Å². The van der Waals surface area contributed by atoms with Crippen LogP contribution in [-0.4, -0.2) is 11.4 Å². The molecule has 0 N–H and O–H groups in total. The van der Waals surface area contributed by atoms with E-state index in [-0.39, 0.29) is 12.2 Å². The maximum atomic E-state index is 12.8. The number of hydrogen-bond acceptors (Lipinski definition) is 3. The Bertz CT molecular complexity index is 632. The number of carbonyl (C=O) groups is 1. The number of ketones is 1. The van der Waals surface area contributed by atoms with E-state index in [1.54, 1.807) is 0 Å². The molecule has 3 nitrogen and oxygen atoms in total. The van der Waals surface area contributed by atoms with E-state index in [2.05, 4.69) is 6.92 Å². The summed E-state index contributed by atoms with van der Waals surface area (Å²) >= 11 is 0. The van der Waals surface area contributed by atoms with E-state index < -0.39 is 11.2 Å². The van der Waals surface area contributed by atoms with Gasteiger partial charge in [-0.1, -0.05) is 74.0 Å². The first-order valence-electron chi connectivity index (χ1n) is 9.37. The first-order valence-corrected chi connectivity index (χ1v) is 9.37. The summed E-state index contributed by atoms with van der Waals surface area (Å²) in [6.07, 6.45) is 2.68. The molecule has 0 radical (unpaired) electrons. The van der Waals surface area contributed by atoms with Crippen molar-refractivity contribution in [2.75, 3.05) is 0 Å². The topological polar surface area (TPSA) is 35.5 Å². The Balaban J connectivity index is 2.49. The van der Waals surface area contributed by atoms with Crippen molar-refractivity contribution in [3.8, 4) is 0 Å². The van der Waals surface area contributed by atoms with Gasteiger partial charge < -0.3 is 0 Å². The van der Waals surface area contributed by atoms with E-state index in [4.69, 9.17) is 9.78 Å². The molecule has 0 saturated carbocycles. The van der Waals surface area contributed by atoms with Crippen LogP contribution in [0.3, 0.4) is 0 Å². The van der Waals surface area contributed by atoms with Crippen molar-refractivity contribution < 1.29 is 14.6 Å². The van der Waals surface area contributed by atoms with Crippen molar-refractivity contribution in [3.63, 3.8) is 0 Å². The minimum Gasteiger partial charge on any atom is -0.300 e. The minimum absolute atomic E-state index is 0.178. The molecule has 0 amide bonds. The molecule has 2 aromatic rings. The van der Waals surface area contributed by atoms with Gasteiger partial charge in [-0.25, -0.2) is 9.78 Å². The molecule has 0 aliphatic heterocycles. The van der Waals surface area contributed by atoms with Crippen molar-refractivity contribution >= 4 is 5.78 Å². The zero-order valence-corrected chi connectivity index (χ0v) is 16.3. The summed E-state index contributed by atoms with van der Waals surface area (Å²) in [7, 11) is 0. The fourth-order valence-electron chi connectivity index (χ4n) is 2.85. The summed E-state index contributed by atoms with van der Waals surface area (Å²) in [5.74, 6) is 0.178. The van der Waals surface area contributed by atoms with Crippen LogP contribution < -0.4 is 0 Å². The maximum Gasteiger partial charge on any atom is 0.160 e. The zero-order chi connectivity index (χ0) is 19.0. The van der Waals surface area contributed by atoms with Gasteiger partial charge in [-0.2, -0.15) is 0 Å². The van der Waals surface area contributed by atoms with Gasteiger partial charge >= 0.3 is 0 Å². The Morgan fingerprint density at radius 3 is 1.77 bits per heavy atom. The third kappa shape index (κ3) is 5.52. The van der Waals surface area contributed by atoms with Gasteiger partial charge in [0.25, 0.3) is 0 Å². The molecule has 0 aliphatic rings. The Morgan fingerprint density at radius 2 is 1.35 bits per heavy atom. The Labute approximate surface area is 157 Å². The largest absolute Gasteiger partial charge is 0.300 e. The second kappa shape index (κ2) is 9.11. The molecule has 2 aromatic carbocycles. The number of rotatable bonds is 9. The molecule has 0 spiro atoms. The van der Waals surface area contributed by atoms with Crippen LogP contribution in [0.25, 0.3) is 0 Å². The van der Waals surface area contributed by atoms with Crippen LogP contribution in [-0.2, 0) is 20.2 Å². The summed E-state index contributed by atoms with van der Waals surface area (Å²) in [6, 6.07) is 19.7. The van der Waals surface area contributed by atoms with E-state index in [9.17, 15) is 4.79 Å². The molecule has 0 fully saturated rings. The van der Waals surface area contributed by atoms with Gasteiger partial charge in [-0.3, -0.25) is 4.79 Å². The highest BCUT2D eigenvalue weighted by atomic mass is 17.2. The lowest BCUT2D eigenvalue weighted by molar-refractivity contribution is -0.399. The summed E-state index contributed by atoms with van der Waals surface area (Å²) in [4.78, 5) is 24.6. The lowest BCUT2D eigenvalue weighted by atomic mass is 9.81. The van der Waals surface area contributed by atoms with E-state index in [1.165, 1.54) is 0 Å². The standard InChI is InChI=1S/C23H30O3/c1-5-6-17-21(24)18-23(26-25-22(2,3)4,19-13-9-7-10-14-19)20-15-11-8-12-16-20/h7-16H,5-6,17-18H2,1-4H3. The molecule has 0 heterocycles. The summed E-state index contributed by atoms with van der Waals surface area (Å²) in [6.45, 7) is 7.90. The molecule has 3 heteroatoms. The third-order valence-corrected chi connectivity index (χ3v) is 4.17. The molecule has 0 atom stereocenters. The average molecular weight is 354 g/mol. The summed E-state index contributed by atoms with van der Waals surface area (Å²) in [5, 5.41) is 0. The van der Waals surface area contributed by atoms with Gasteiger partial charge in [0.05, 0.1) is 5.60 Å². The second-order valence-electron chi connectivity index (χ2n) is 7.66. The first kappa shape index (κ1) is 20.3. The third-order valence-electron chi connectivity index (χ3n) is 4.17. The molecule has 2 rings (SSSR count). The van der Waals surface area contributed by atoms with E-state index >= 15 is 0 Å². The van der Waals surface area contributed by atoms with Crippen LogP contribution >= 0.6 is 0 Å². The normalized spacial score (nSPS) is 12.2. The van der Waals surface area contributed by atoms with Gasteiger partial charge in [0.2, 0.25) is 0 Å². The van der Waals surface area contributed by atoms with Gasteiger partial charge in [0, 0.05) is 12.8 Å². The van der Waals surface area contributed by atoms with E-state index in [0.717, 1.165) is 24.0 Å². The van der Waals surface area contributed by atoms with Crippen molar-refractivity contribution in [2.24, 2.45) is 0 Å². The molecule has 0 unspecified atom stereocenters. The van der Waals surface area contributed by atoms with Crippen LogP contribution in [0.2, 0.25) is 0 Å². The molecule has 140 valence electrons. The zero-order valence-electron chi connectivity index (χ0n) is 16.3. The van der Waals surface area contributed by atoms with Gasteiger partial charge in [-0.15, -0.1) is 0 Å². The second-order valence-corrected chi connectivity index (χ2v) is 7.66. The maximum absolute atomic E-state index is 12.8. The quantitative estimate of drug-likeness (QED) is 0.420. The first-order chi connectivity index (χ1) is 12.4. The highest BCUT2D eigenvalue weighted by Gasteiger charge is 2.40. The molecule has 0 aromatic heterocycles. The van der Waals surface area contributed by atoms with Crippen molar-refractivity contribution in [1.29, 1.82) is 0 Å². The highest BCUT2D eigenvalue weighted by Crippen LogP contribution is 2.39. The Kier molecular flexibility index (Phi) is 7.13. The fraction of sp³-hybridized carbons (Fsp3) is 0.435. The Morgan fingerprint density at radius 1 is 0.846 bits per heavy atom. The van der Waals surface area contributed by atoms with Crippen LogP contribution in [0.15, 0.2) is 60.7 Å². The molecule has 0 aliphatic carbocycles. The van der Waals surface area contributed by atoms with Crippen molar-refractivity contribution in [2.45, 2.75) is 64.6 Å². The van der Waals surface area contributed by atoms with Crippen LogP contribution in [0.1, 0.15) is 64.5 Å². The molecule has 0 saturated heterocycles. The molecule has 26 heavy (non-hydrogen) atoms. The molecular weight excluding hydrogens is 324 g/mol.